The van der Waals surface area contributed by atoms with Crippen LogP contribution in [0.5, 0.6) is 0 Å². The molecule has 0 bridgehead atoms. The number of ketones is 1. The summed E-state index contributed by atoms with van der Waals surface area (Å²) in [4.78, 5) is 11.8. The van der Waals surface area contributed by atoms with Gasteiger partial charge in [0.15, 0.2) is 5.78 Å². The lowest BCUT2D eigenvalue weighted by Gasteiger charge is -2.37. The molecular formula is C12H18O2. The van der Waals surface area contributed by atoms with E-state index in [1.165, 1.54) is 0 Å². The largest absolute Gasteiger partial charge is 0.364 e. The van der Waals surface area contributed by atoms with E-state index in [0.29, 0.717) is 12.2 Å². The first kappa shape index (κ1) is 9.91. The van der Waals surface area contributed by atoms with Gasteiger partial charge in [0.1, 0.15) is 5.60 Å². The van der Waals surface area contributed by atoms with E-state index < -0.39 is 0 Å². The Bertz CT molecular complexity index is 239. The van der Waals surface area contributed by atoms with Gasteiger partial charge in [-0.1, -0.05) is 6.08 Å². The Morgan fingerprint density at radius 2 is 2.21 bits per heavy atom. The zero-order valence-electron chi connectivity index (χ0n) is 8.63. The molecule has 2 fully saturated rings. The summed E-state index contributed by atoms with van der Waals surface area (Å²) < 4.78 is 5.97. The first-order chi connectivity index (χ1) is 6.77. The molecule has 1 atom stereocenters. The number of carbonyl (C=O) groups excluding carboxylic acids is 1. The van der Waals surface area contributed by atoms with Crippen LogP contribution in [0.25, 0.3) is 0 Å². The minimum atomic E-state index is -0.383. The van der Waals surface area contributed by atoms with Gasteiger partial charge in [-0.3, -0.25) is 4.79 Å². The molecule has 78 valence electrons. The normalized spacial score (nSPS) is 30.9. The van der Waals surface area contributed by atoms with Gasteiger partial charge < -0.3 is 4.74 Å². The van der Waals surface area contributed by atoms with Crippen LogP contribution < -0.4 is 0 Å². The average molecular weight is 194 g/mol. The van der Waals surface area contributed by atoms with Gasteiger partial charge >= 0.3 is 0 Å². The van der Waals surface area contributed by atoms with Crippen molar-refractivity contribution in [2.45, 2.75) is 56.7 Å². The van der Waals surface area contributed by atoms with Gasteiger partial charge in [-0.2, -0.15) is 0 Å². The summed E-state index contributed by atoms with van der Waals surface area (Å²) in [6.45, 7) is 3.72. The lowest BCUT2D eigenvalue weighted by Crippen LogP contribution is -2.46. The molecule has 2 aliphatic rings. The van der Waals surface area contributed by atoms with Gasteiger partial charge in [-0.05, 0) is 38.5 Å². The molecule has 1 heterocycles. The van der Waals surface area contributed by atoms with Crippen LogP contribution in [0.1, 0.15) is 44.9 Å². The highest BCUT2D eigenvalue weighted by Gasteiger charge is 2.45. The lowest BCUT2D eigenvalue weighted by molar-refractivity contribution is -0.163. The van der Waals surface area contributed by atoms with Gasteiger partial charge in [-0.25, -0.2) is 0 Å². The second-order valence-corrected chi connectivity index (χ2v) is 4.43. The van der Waals surface area contributed by atoms with Crippen LogP contribution in [-0.4, -0.2) is 17.5 Å². The fraction of sp³-hybridized carbons (Fsp3) is 0.750. The molecule has 1 spiro atoms. The number of hydrogen-bond donors (Lipinski definition) is 0. The van der Waals surface area contributed by atoms with Gasteiger partial charge in [0.05, 0.1) is 6.10 Å². The van der Waals surface area contributed by atoms with E-state index >= 15 is 0 Å². The smallest absolute Gasteiger partial charge is 0.164 e. The van der Waals surface area contributed by atoms with E-state index in [1.807, 2.05) is 6.08 Å². The zero-order chi connectivity index (χ0) is 10.0. The van der Waals surface area contributed by atoms with Crippen molar-refractivity contribution < 1.29 is 9.53 Å². The minimum absolute atomic E-state index is 0.239. The molecule has 1 unspecified atom stereocenters. The molecule has 1 aliphatic carbocycles. The van der Waals surface area contributed by atoms with Crippen molar-refractivity contribution in [3.05, 3.63) is 12.7 Å². The summed E-state index contributed by atoms with van der Waals surface area (Å²) >= 11 is 0. The average Bonchev–Trinajstić information content (AvgIpc) is 2.62. The van der Waals surface area contributed by atoms with E-state index in [0.717, 1.165) is 38.5 Å². The third kappa shape index (κ3) is 1.63. The van der Waals surface area contributed by atoms with Gasteiger partial charge in [-0.15, -0.1) is 6.58 Å². The lowest BCUT2D eigenvalue weighted by atomic mass is 9.88. The summed E-state index contributed by atoms with van der Waals surface area (Å²) in [7, 11) is 0. The molecule has 1 aliphatic heterocycles. The Morgan fingerprint density at radius 1 is 1.50 bits per heavy atom. The molecule has 0 radical (unpaired) electrons. The minimum Gasteiger partial charge on any atom is -0.364 e. The predicted molar refractivity (Wildman–Crippen MR) is 55.1 cm³/mol. The van der Waals surface area contributed by atoms with E-state index in [1.54, 1.807) is 0 Å². The number of carbonyl (C=O) groups is 1. The van der Waals surface area contributed by atoms with Crippen LogP contribution in [0.3, 0.4) is 0 Å². The number of Topliss-reactive ketones (excluding diaryl/α,β-unsaturated/α-hetero) is 1. The van der Waals surface area contributed by atoms with Gasteiger partial charge in [0.2, 0.25) is 0 Å². The predicted octanol–water partition coefficient (Wildman–Crippen LogP) is 2.62. The van der Waals surface area contributed by atoms with Crippen molar-refractivity contribution in [1.82, 2.24) is 0 Å². The van der Waals surface area contributed by atoms with E-state index in [2.05, 4.69) is 6.58 Å². The van der Waals surface area contributed by atoms with Crippen molar-refractivity contribution in [1.29, 1.82) is 0 Å². The van der Waals surface area contributed by atoms with Crippen molar-refractivity contribution >= 4 is 5.78 Å². The van der Waals surface area contributed by atoms with Crippen LogP contribution in [0.2, 0.25) is 0 Å². The van der Waals surface area contributed by atoms with E-state index in [4.69, 9.17) is 4.74 Å². The first-order valence-electron chi connectivity index (χ1n) is 5.59. The van der Waals surface area contributed by atoms with Crippen LogP contribution in [0, 0.1) is 0 Å². The number of ether oxygens (including phenoxy) is 1. The summed E-state index contributed by atoms with van der Waals surface area (Å²) in [6, 6.07) is 0. The maximum absolute atomic E-state index is 11.8. The summed E-state index contributed by atoms with van der Waals surface area (Å²) in [5.41, 5.74) is -0.383. The van der Waals surface area contributed by atoms with Crippen LogP contribution in [0.15, 0.2) is 12.7 Å². The molecular weight excluding hydrogens is 176 g/mol. The van der Waals surface area contributed by atoms with Crippen molar-refractivity contribution in [2.75, 3.05) is 0 Å². The Balaban J connectivity index is 2.06. The van der Waals surface area contributed by atoms with Crippen molar-refractivity contribution in [3.63, 3.8) is 0 Å². The van der Waals surface area contributed by atoms with Crippen LogP contribution >= 0.6 is 0 Å². The summed E-state index contributed by atoms with van der Waals surface area (Å²) in [5.74, 6) is 0.343. The summed E-state index contributed by atoms with van der Waals surface area (Å²) in [5, 5.41) is 0. The SMILES string of the molecule is C=CCC1CCC(=O)C2(CCCC2)O1. The maximum Gasteiger partial charge on any atom is 0.164 e. The Labute approximate surface area is 85.3 Å². The van der Waals surface area contributed by atoms with Crippen molar-refractivity contribution in [3.8, 4) is 0 Å². The highest BCUT2D eigenvalue weighted by Crippen LogP contribution is 2.40. The monoisotopic (exact) mass is 194 g/mol. The first-order valence-corrected chi connectivity index (χ1v) is 5.59. The second-order valence-electron chi connectivity index (χ2n) is 4.43. The molecule has 2 nitrogen and oxygen atoms in total. The van der Waals surface area contributed by atoms with Crippen molar-refractivity contribution in [2.24, 2.45) is 0 Å². The molecule has 2 rings (SSSR count). The highest BCUT2D eigenvalue weighted by molar-refractivity contribution is 5.88. The van der Waals surface area contributed by atoms with Gasteiger partial charge in [0.25, 0.3) is 0 Å². The number of rotatable bonds is 2. The molecule has 0 N–H and O–H groups in total. The quantitative estimate of drug-likeness (QED) is 0.632. The highest BCUT2D eigenvalue weighted by atomic mass is 16.5. The third-order valence-corrected chi connectivity index (χ3v) is 3.43. The maximum atomic E-state index is 11.8. The molecule has 14 heavy (non-hydrogen) atoms. The van der Waals surface area contributed by atoms with Crippen LogP contribution in [-0.2, 0) is 9.53 Å². The fourth-order valence-corrected chi connectivity index (χ4v) is 2.66. The molecule has 0 aromatic carbocycles. The Morgan fingerprint density at radius 3 is 2.86 bits per heavy atom. The topological polar surface area (TPSA) is 26.3 Å². The van der Waals surface area contributed by atoms with Crippen LogP contribution in [0.4, 0.5) is 0 Å². The second kappa shape index (κ2) is 3.85. The zero-order valence-corrected chi connectivity index (χ0v) is 8.63. The fourth-order valence-electron chi connectivity index (χ4n) is 2.66. The standard InChI is InChI=1S/C12H18O2/c1-2-5-10-6-7-11(13)12(14-10)8-3-4-9-12/h2,10H,1,3-9H2. The molecule has 0 amide bonds. The molecule has 0 aromatic rings. The van der Waals surface area contributed by atoms with Gasteiger partial charge in [0, 0.05) is 6.42 Å². The molecule has 1 saturated carbocycles. The van der Waals surface area contributed by atoms with E-state index in [-0.39, 0.29) is 11.7 Å². The van der Waals surface area contributed by atoms with E-state index in [9.17, 15) is 4.79 Å². The number of hydrogen-bond acceptors (Lipinski definition) is 2. The third-order valence-electron chi connectivity index (χ3n) is 3.43. The molecule has 0 aromatic heterocycles. The Hall–Kier alpha value is -0.630. The Kier molecular flexibility index (Phi) is 2.73. The molecule has 2 heteroatoms. The molecule has 1 saturated heterocycles. The summed E-state index contributed by atoms with van der Waals surface area (Å²) in [6.07, 6.45) is 8.78.